The normalized spacial score (nSPS) is 13.8. The molecule has 0 fully saturated rings. The largest absolute Gasteiger partial charge is 0.338 e. The van der Waals surface area contributed by atoms with Crippen LogP contribution >= 0.6 is 0 Å². The third kappa shape index (κ3) is 2.90. The maximum Gasteiger partial charge on any atom is 0.262 e. The van der Waals surface area contributed by atoms with Gasteiger partial charge in [-0.2, -0.15) is 0 Å². The van der Waals surface area contributed by atoms with Crippen molar-refractivity contribution >= 4 is 22.6 Å². The number of carbonyl (C=O) groups is 1. The zero-order chi connectivity index (χ0) is 20.0. The minimum atomic E-state index is -0.102. The van der Waals surface area contributed by atoms with Gasteiger partial charge in [-0.15, -0.1) is 10.2 Å². The summed E-state index contributed by atoms with van der Waals surface area (Å²) in [7, 11) is 1.69. The molecule has 1 aliphatic heterocycles. The Morgan fingerprint density at radius 2 is 1.79 bits per heavy atom. The van der Waals surface area contributed by atoms with Gasteiger partial charge in [0.1, 0.15) is 5.82 Å². The van der Waals surface area contributed by atoms with Crippen molar-refractivity contribution in [2.24, 2.45) is 7.05 Å². The van der Waals surface area contributed by atoms with E-state index >= 15 is 0 Å². The Hall–Kier alpha value is -3.48. The van der Waals surface area contributed by atoms with E-state index in [9.17, 15) is 9.59 Å². The summed E-state index contributed by atoms with van der Waals surface area (Å²) in [5, 5.41) is 9.10. The van der Waals surface area contributed by atoms with Crippen molar-refractivity contribution in [2.45, 2.75) is 25.8 Å². The number of hydrogen-bond acceptors (Lipinski definition) is 4. The van der Waals surface area contributed by atoms with E-state index in [1.54, 1.807) is 13.1 Å². The van der Waals surface area contributed by atoms with Gasteiger partial charge in [-0.3, -0.25) is 18.6 Å². The number of benzene rings is 2. The zero-order valence-electron chi connectivity index (χ0n) is 16.2. The molecule has 0 N–H and O–H groups in total. The zero-order valence-corrected chi connectivity index (χ0v) is 16.2. The van der Waals surface area contributed by atoms with Crippen molar-refractivity contribution in [3.63, 3.8) is 0 Å². The van der Waals surface area contributed by atoms with Gasteiger partial charge in [0.25, 0.3) is 5.56 Å². The number of hydrogen-bond donors (Lipinski definition) is 0. The minimum absolute atomic E-state index is 0.102. The highest BCUT2D eigenvalue weighted by Crippen LogP contribution is 2.20. The number of amides is 1. The molecule has 0 saturated carbocycles. The molecule has 29 heavy (non-hydrogen) atoms. The van der Waals surface area contributed by atoms with Crippen LogP contribution in [0.15, 0.2) is 53.3 Å². The SMILES string of the molecule is Cn1c(=O)c2ccccc2n2c(CCC(=O)N3CCc4ccccc4C3)nnc12. The van der Waals surface area contributed by atoms with E-state index < -0.39 is 0 Å². The van der Waals surface area contributed by atoms with Gasteiger partial charge in [-0.1, -0.05) is 36.4 Å². The van der Waals surface area contributed by atoms with Crippen LogP contribution in [0.3, 0.4) is 0 Å². The quantitative estimate of drug-likeness (QED) is 0.540. The molecule has 7 heteroatoms. The van der Waals surface area contributed by atoms with Crippen molar-refractivity contribution in [3.8, 4) is 0 Å². The van der Waals surface area contributed by atoms with Crippen LogP contribution in [0.5, 0.6) is 0 Å². The first-order valence-corrected chi connectivity index (χ1v) is 9.80. The summed E-state index contributed by atoms with van der Waals surface area (Å²) in [5.41, 5.74) is 3.22. The van der Waals surface area contributed by atoms with E-state index in [1.165, 1.54) is 15.7 Å². The van der Waals surface area contributed by atoms with Gasteiger partial charge in [0.05, 0.1) is 10.9 Å². The van der Waals surface area contributed by atoms with Gasteiger partial charge in [0, 0.05) is 33.0 Å². The molecule has 0 saturated heterocycles. The number of carbonyl (C=O) groups excluding carboxylic acids is 1. The Morgan fingerprint density at radius 3 is 2.66 bits per heavy atom. The van der Waals surface area contributed by atoms with Crippen LogP contribution in [0.4, 0.5) is 0 Å². The smallest absolute Gasteiger partial charge is 0.262 e. The van der Waals surface area contributed by atoms with Crippen LogP contribution in [0.25, 0.3) is 16.7 Å². The van der Waals surface area contributed by atoms with E-state index in [0.717, 1.165) is 18.5 Å². The lowest BCUT2D eigenvalue weighted by Crippen LogP contribution is -2.36. The highest BCUT2D eigenvalue weighted by Gasteiger charge is 2.21. The third-order valence-electron chi connectivity index (χ3n) is 5.74. The maximum atomic E-state index is 12.8. The average Bonchev–Trinajstić information content (AvgIpc) is 3.19. The second-order valence-electron chi connectivity index (χ2n) is 7.47. The van der Waals surface area contributed by atoms with E-state index in [1.807, 2.05) is 39.6 Å². The van der Waals surface area contributed by atoms with Gasteiger partial charge in [0.2, 0.25) is 11.7 Å². The maximum absolute atomic E-state index is 12.8. The topological polar surface area (TPSA) is 72.5 Å². The van der Waals surface area contributed by atoms with E-state index in [2.05, 4.69) is 22.3 Å². The predicted molar refractivity (Wildman–Crippen MR) is 110 cm³/mol. The molecule has 0 atom stereocenters. The molecule has 2 aromatic heterocycles. The summed E-state index contributed by atoms with van der Waals surface area (Å²) in [6.07, 6.45) is 1.73. The fraction of sp³-hybridized carbons (Fsp3) is 0.273. The molecule has 1 aliphatic rings. The molecule has 2 aromatic carbocycles. The monoisotopic (exact) mass is 387 g/mol. The number of aromatic nitrogens is 4. The fourth-order valence-corrected chi connectivity index (χ4v) is 4.14. The number of aryl methyl sites for hydroxylation is 2. The molecular weight excluding hydrogens is 366 g/mol. The van der Waals surface area contributed by atoms with E-state index in [-0.39, 0.29) is 11.5 Å². The van der Waals surface area contributed by atoms with E-state index in [4.69, 9.17) is 0 Å². The second kappa shape index (κ2) is 6.84. The first-order valence-electron chi connectivity index (χ1n) is 9.80. The Balaban J connectivity index is 1.42. The lowest BCUT2D eigenvalue weighted by atomic mass is 9.99. The summed E-state index contributed by atoms with van der Waals surface area (Å²) >= 11 is 0. The Morgan fingerprint density at radius 1 is 1.03 bits per heavy atom. The van der Waals surface area contributed by atoms with Crippen molar-refractivity contribution in [1.29, 1.82) is 0 Å². The fourth-order valence-electron chi connectivity index (χ4n) is 4.14. The number of nitrogens with zero attached hydrogens (tertiary/aromatic N) is 5. The van der Waals surface area contributed by atoms with Gasteiger partial charge in [-0.25, -0.2) is 0 Å². The molecule has 0 unspecified atom stereocenters. The highest BCUT2D eigenvalue weighted by molar-refractivity contribution is 5.80. The molecule has 0 aliphatic carbocycles. The Bertz CT molecular complexity index is 1300. The summed E-state index contributed by atoms with van der Waals surface area (Å²) in [6.45, 7) is 1.40. The van der Waals surface area contributed by atoms with Crippen LogP contribution < -0.4 is 5.56 Å². The molecular formula is C22H21N5O2. The van der Waals surface area contributed by atoms with Crippen molar-refractivity contribution < 1.29 is 4.79 Å². The van der Waals surface area contributed by atoms with Crippen LogP contribution in [-0.4, -0.2) is 36.5 Å². The predicted octanol–water partition coefficient (Wildman–Crippen LogP) is 2.10. The molecule has 0 radical (unpaired) electrons. The van der Waals surface area contributed by atoms with Crippen LogP contribution in [0.1, 0.15) is 23.4 Å². The molecule has 0 spiro atoms. The van der Waals surface area contributed by atoms with Gasteiger partial charge < -0.3 is 4.90 Å². The Labute approximate surface area is 167 Å². The average molecular weight is 387 g/mol. The van der Waals surface area contributed by atoms with Crippen LogP contribution in [0, 0.1) is 0 Å². The number of rotatable bonds is 3. The molecule has 7 nitrogen and oxygen atoms in total. The molecule has 4 aromatic rings. The van der Waals surface area contributed by atoms with Crippen molar-refractivity contribution in [2.75, 3.05) is 6.54 Å². The standard InChI is InChI=1S/C22H21N5O2/c1-25-21(29)17-8-4-5-9-18(17)27-19(23-24-22(25)27)10-11-20(28)26-13-12-15-6-2-3-7-16(15)14-26/h2-9H,10-14H2,1H3. The number of fused-ring (bicyclic) bond motifs is 4. The highest BCUT2D eigenvalue weighted by atomic mass is 16.2. The minimum Gasteiger partial charge on any atom is -0.338 e. The summed E-state index contributed by atoms with van der Waals surface area (Å²) in [6, 6.07) is 15.7. The molecule has 0 bridgehead atoms. The first kappa shape index (κ1) is 17.6. The summed E-state index contributed by atoms with van der Waals surface area (Å²) in [4.78, 5) is 27.3. The van der Waals surface area contributed by atoms with Gasteiger partial charge >= 0.3 is 0 Å². The molecule has 3 heterocycles. The first-order chi connectivity index (χ1) is 14.1. The lowest BCUT2D eigenvalue weighted by molar-refractivity contribution is -0.132. The summed E-state index contributed by atoms with van der Waals surface area (Å²) in [5.74, 6) is 1.30. The van der Waals surface area contributed by atoms with Gasteiger partial charge in [-0.05, 0) is 29.7 Å². The van der Waals surface area contributed by atoms with Crippen LogP contribution in [0.2, 0.25) is 0 Å². The van der Waals surface area contributed by atoms with Crippen molar-refractivity contribution in [1.82, 2.24) is 24.1 Å². The van der Waals surface area contributed by atoms with Crippen molar-refractivity contribution in [3.05, 3.63) is 75.8 Å². The lowest BCUT2D eigenvalue weighted by Gasteiger charge is -2.28. The number of para-hydroxylation sites is 1. The van der Waals surface area contributed by atoms with E-state index in [0.29, 0.717) is 36.4 Å². The molecule has 5 rings (SSSR count). The second-order valence-corrected chi connectivity index (χ2v) is 7.47. The molecule has 1 amide bonds. The molecule has 146 valence electrons. The third-order valence-corrected chi connectivity index (χ3v) is 5.74. The van der Waals surface area contributed by atoms with Crippen LogP contribution in [-0.2, 0) is 31.2 Å². The van der Waals surface area contributed by atoms with Gasteiger partial charge in [0.15, 0.2) is 0 Å². The summed E-state index contributed by atoms with van der Waals surface area (Å²) < 4.78 is 3.39. The Kier molecular flexibility index (Phi) is 4.16.